The first-order valence-electron chi connectivity index (χ1n) is 13.8. The molecule has 0 aliphatic heterocycles. The van der Waals surface area contributed by atoms with Gasteiger partial charge in [0.1, 0.15) is 0 Å². The maximum atomic E-state index is 12.9. The monoisotopic (exact) mass is 591 g/mol. The van der Waals surface area contributed by atoms with Crippen molar-refractivity contribution in [2.24, 2.45) is 5.10 Å². The van der Waals surface area contributed by atoms with Crippen LogP contribution in [0.4, 0.5) is 0 Å². The number of carbonyl (C=O) groups is 3. The summed E-state index contributed by atoms with van der Waals surface area (Å²) >= 11 is 0. The molecule has 0 aromatic heterocycles. The molecule has 3 aromatic carbocycles. The van der Waals surface area contributed by atoms with Gasteiger partial charge in [0.2, 0.25) is 11.7 Å². The molecular formula is C32H37N3O8. The Hall–Kier alpha value is -5.06. The summed E-state index contributed by atoms with van der Waals surface area (Å²) in [6, 6.07) is 16.9. The lowest BCUT2D eigenvalue weighted by Gasteiger charge is -2.15. The lowest BCUT2D eigenvalue weighted by atomic mass is 10.1. The molecule has 0 spiro atoms. The van der Waals surface area contributed by atoms with E-state index in [4.69, 9.17) is 23.7 Å². The zero-order chi connectivity index (χ0) is 31.0. The summed E-state index contributed by atoms with van der Waals surface area (Å²) in [5.74, 6) is 0.568. The molecule has 0 radical (unpaired) electrons. The molecule has 0 bridgehead atoms. The Morgan fingerprint density at radius 2 is 1.51 bits per heavy atom. The largest absolute Gasteiger partial charge is 0.493 e. The van der Waals surface area contributed by atoms with Crippen LogP contribution in [0.5, 0.6) is 28.7 Å². The van der Waals surface area contributed by atoms with E-state index in [2.05, 4.69) is 15.8 Å². The van der Waals surface area contributed by atoms with E-state index in [1.165, 1.54) is 39.7 Å². The third-order valence-electron chi connectivity index (χ3n) is 6.18. The number of amides is 2. The standard InChI is InChI=1S/C32H37N3O8/c1-5-42-26-18-22(15-16-25(26)43-32(38)24-19-27(39-2)30(41-4)28(20-24)40-3)21-34-35-29(36)14-10-7-11-17-33-31(37)23-12-8-6-9-13-23/h6,8-9,12-13,15-16,18-21H,5,7,10-11,14,17H2,1-4H3,(H,33,37)(H,35,36). The number of hydrazone groups is 1. The SMILES string of the molecule is CCOc1cc(C=NNC(=O)CCCCCNC(=O)c2ccccc2)ccc1OC(=O)c1cc(OC)c(OC)c(OC)c1. The van der Waals surface area contributed by atoms with Crippen molar-refractivity contribution in [2.45, 2.75) is 32.6 Å². The van der Waals surface area contributed by atoms with Crippen LogP contribution in [0.1, 0.15) is 58.9 Å². The normalized spacial score (nSPS) is 10.6. The average Bonchev–Trinajstić information content (AvgIpc) is 3.03. The summed E-state index contributed by atoms with van der Waals surface area (Å²) in [5, 5.41) is 6.90. The maximum absolute atomic E-state index is 12.9. The number of ether oxygens (including phenoxy) is 5. The van der Waals surface area contributed by atoms with E-state index >= 15 is 0 Å². The summed E-state index contributed by atoms with van der Waals surface area (Å²) in [7, 11) is 4.39. The van der Waals surface area contributed by atoms with Crippen molar-refractivity contribution < 1.29 is 38.1 Å². The van der Waals surface area contributed by atoms with Crippen molar-refractivity contribution >= 4 is 24.0 Å². The lowest BCUT2D eigenvalue weighted by Crippen LogP contribution is -2.24. The number of nitrogens with zero attached hydrogens (tertiary/aromatic N) is 1. The topological polar surface area (TPSA) is 134 Å². The van der Waals surface area contributed by atoms with Crippen molar-refractivity contribution in [3.8, 4) is 28.7 Å². The van der Waals surface area contributed by atoms with E-state index in [9.17, 15) is 14.4 Å². The first kappa shape index (κ1) is 32.5. The van der Waals surface area contributed by atoms with Gasteiger partial charge in [-0.05, 0) is 67.8 Å². The van der Waals surface area contributed by atoms with Crippen molar-refractivity contribution in [3.05, 3.63) is 77.4 Å². The molecule has 0 atom stereocenters. The van der Waals surface area contributed by atoms with E-state index in [1.54, 1.807) is 30.3 Å². The van der Waals surface area contributed by atoms with Gasteiger partial charge < -0.3 is 29.0 Å². The van der Waals surface area contributed by atoms with Gasteiger partial charge in [0.25, 0.3) is 5.91 Å². The first-order chi connectivity index (χ1) is 20.9. The van der Waals surface area contributed by atoms with Gasteiger partial charge in [-0.15, -0.1) is 0 Å². The molecule has 0 saturated heterocycles. The number of methoxy groups -OCH3 is 3. The van der Waals surface area contributed by atoms with Crippen molar-refractivity contribution in [1.82, 2.24) is 10.7 Å². The Bertz CT molecular complexity index is 1380. The Balaban J connectivity index is 1.49. The number of carbonyl (C=O) groups excluding carboxylic acids is 3. The molecule has 0 unspecified atom stereocenters. The minimum absolute atomic E-state index is 0.107. The van der Waals surface area contributed by atoms with Gasteiger partial charge >= 0.3 is 5.97 Å². The Kier molecular flexibility index (Phi) is 12.8. The molecule has 2 N–H and O–H groups in total. The first-order valence-corrected chi connectivity index (χ1v) is 13.8. The second-order valence-electron chi connectivity index (χ2n) is 9.17. The van der Waals surface area contributed by atoms with E-state index in [-0.39, 0.29) is 23.1 Å². The zero-order valence-electron chi connectivity index (χ0n) is 24.8. The number of nitrogens with one attached hydrogen (secondary N) is 2. The highest BCUT2D eigenvalue weighted by atomic mass is 16.6. The van der Waals surface area contributed by atoms with Gasteiger partial charge in [-0.3, -0.25) is 9.59 Å². The smallest absolute Gasteiger partial charge is 0.343 e. The highest BCUT2D eigenvalue weighted by Gasteiger charge is 2.20. The van der Waals surface area contributed by atoms with Crippen LogP contribution in [-0.2, 0) is 4.79 Å². The predicted molar refractivity (Wildman–Crippen MR) is 162 cm³/mol. The maximum Gasteiger partial charge on any atom is 0.343 e. The van der Waals surface area contributed by atoms with Crippen LogP contribution in [0.2, 0.25) is 0 Å². The summed E-state index contributed by atoms with van der Waals surface area (Å²) in [4.78, 5) is 37.2. The highest BCUT2D eigenvalue weighted by molar-refractivity contribution is 5.94. The summed E-state index contributed by atoms with van der Waals surface area (Å²) in [5.41, 5.74) is 3.96. The third kappa shape index (κ3) is 9.77. The van der Waals surface area contributed by atoms with Gasteiger partial charge in [0.15, 0.2) is 23.0 Å². The van der Waals surface area contributed by atoms with E-state index in [0.717, 1.165) is 12.8 Å². The second kappa shape index (κ2) is 17.0. The van der Waals surface area contributed by atoms with Crippen LogP contribution >= 0.6 is 0 Å². The molecule has 0 heterocycles. The molecule has 43 heavy (non-hydrogen) atoms. The van der Waals surface area contributed by atoms with Crippen molar-refractivity contribution in [3.63, 3.8) is 0 Å². The molecule has 2 amide bonds. The molecule has 3 rings (SSSR count). The van der Waals surface area contributed by atoms with Gasteiger partial charge in [0.05, 0.1) is 39.7 Å². The minimum atomic E-state index is -0.646. The number of hydrogen-bond donors (Lipinski definition) is 2. The fourth-order valence-electron chi connectivity index (χ4n) is 4.03. The highest BCUT2D eigenvalue weighted by Crippen LogP contribution is 2.39. The van der Waals surface area contributed by atoms with Crippen LogP contribution in [0, 0.1) is 0 Å². The minimum Gasteiger partial charge on any atom is -0.493 e. The Labute approximate surface area is 251 Å². The molecule has 0 fully saturated rings. The Morgan fingerprint density at radius 3 is 2.16 bits per heavy atom. The summed E-state index contributed by atoms with van der Waals surface area (Å²) in [6.45, 7) is 2.69. The molecule has 0 aliphatic rings. The Morgan fingerprint density at radius 1 is 0.791 bits per heavy atom. The molecule has 228 valence electrons. The van der Waals surface area contributed by atoms with Crippen LogP contribution in [0.3, 0.4) is 0 Å². The number of unbranched alkanes of at least 4 members (excludes halogenated alkanes) is 2. The fourth-order valence-corrected chi connectivity index (χ4v) is 4.03. The van der Waals surface area contributed by atoms with Crippen LogP contribution in [-0.4, -0.2) is 58.5 Å². The predicted octanol–water partition coefficient (Wildman–Crippen LogP) is 4.77. The zero-order valence-corrected chi connectivity index (χ0v) is 24.8. The molecule has 0 saturated carbocycles. The average molecular weight is 592 g/mol. The lowest BCUT2D eigenvalue weighted by molar-refractivity contribution is -0.121. The quantitative estimate of drug-likeness (QED) is 0.0800. The van der Waals surface area contributed by atoms with Crippen molar-refractivity contribution in [2.75, 3.05) is 34.5 Å². The summed E-state index contributed by atoms with van der Waals surface area (Å²) in [6.07, 6.45) is 4.02. The van der Waals surface area contributed by atoms with Gasteiger partial charge in [-0.1, -0.05) is 24.6 Å². The van der Waals surface area contributed by atoms with Gasteiger partial charge in [-0.25, -0.2) is 10.2 Å². The number of benzene rings is 3. The second-order valence-corrected chi connectivity index (χ2v) is 9.17. The molecule has 11 nitrogen and oxygen atoms in total. The molecular weight excluding hydrogens is 554 g/mol. The van der Waals surface area contributed by atoms with Crippen LogP contribution < -0.4 is 34.4 Å². The van der Waals surface area contributed by atoms with Gasteiger partial charge in [-0.2, -0.15) is 5.10 Å². The molecule has 0 aliphatic carbocycles. The van der Waals surface area contributed by atoms with E-state index in [1.807, 2.05) is 25.1 Å². The van der Waals surface area contributed by atoms with Crippen LogP contribution in [0.25, 0.3) is 0 Å². The summed E-state index contributed by atoms with van der Waals surface area (Å²) < 4.78 is 27.2. The van der Waals surface area contributed by atoms with Crippen molar-refractivity contribution in [1.29, 1.82) is 0 Å². The fraction of sp³-hybridized carbons (Fsp3) is 0.312. The third-order valence-corrected chi connectivity index (χ3v) is 6.18. The number of rotatable bonds is 16. The molecule has 11 heteroatoms. The van der Waals surface area contributed by atoms with E-state index < -0.39 is 5.97 Å². The molecule has 3 aromatic rings. The van der Waals surface area contributed by atoms with E-state index in [0.29, 0.717) is 60.1 Å². The number of esters is 1. The van der Waals surface area contributed by atoms with Crippen LogP contribution in [0.15, 0.2) is 65.8 Å². The van der Waals surface area contributed by atoms with Gasteiger partial charge in [0, 0.05) is 18.5 Å². The number of hydrogen-bond acceptors (Lipinski definition) is 9.